The van der Waals surface area contributed by atoms with Gasteiger partial charge in [-0.1, -0.05) is 30.1 Å². The molecule has 0 spiro atoms. The predicted octanol–water partition coefficient (Wildman–Crippen LogP) is 2.18. The van der Waals surface area contributed by atoms with E-state index in [2.05, 4.69) is 10.6 Å². The molecule has 0 aromatic heterocycles. The molecule has 0 saturated carbocycles. The number of benzene rings is 1. The van der Waals surface area contributed by atoms with E-state index >= 15 is 0 Å². The Balaban J connectivity index is 2.38. The van der Waals surface area contributed by atoms with Gasteiger partial charge < -0.3 is 15.4 Å². The van der Waals surface area contributed by atoms with Crippen LogP contribution in [0.3, 0.4) is 0 Å². The lowest BCUT2D eigenvalue weighted by Gasteiger charge is -2.11. The molecule has 0 radical (unpaired) electrons. The Kier molecular flexibility index (Phi) is 7.85. The zero-order valence-electron chi connectivity index (χ0n) is 12.8. The summed E-state index contributed by atoms with van der Waals surface area (Å²) < 4.78 is 4.77. The highest BCUT2D eigenvalue weighted by atomic mass is 35.5. The first kappa shape index (κ1) is 19.3. The number of hydrogen-bond acceptors (Lipinski definition) is 4. The third kappa shape index (κ3) is 6.88. The van der Waals surface area contributed by atoms with Gasteiger partial charge in [-0.05, 0) is 31.5 Å². The SMILES string of the molecule is CC[C@@H](C)NC(=O)COC(=O)CNC(=O)c1ccc(Cl)cc1Cl. The molecular weight excluding hydrogens is 343 g/mol. The van der Waals surface area contributed by atoms with E-state index in [0.29, 0.717) is 5.02 Å². The molecule has 0 heterocycles. The lowest BCUT2D eigenvalue weighted by Crippen LogP contribution is -2.37. The van der Waals surface area contributed by atoms with Crippen LogP contribution in [-0.4, -0.2) is 37.0 Å². The van der Waals surface area contributed by atoms with E-state index in [9.17, 15) is 14.4 Å². The number of nitrogens with one attached hydrogen (secondary N) is 2. The standard InChI is InChI=1S/C15H18Cl2N2O4/c1-3-9(2)19-13(20)8-23-14(21)7-18-15(22)11-5-4-10(16)6-12(11)17/h4-6,9H,3,7-8H2,1-2H3,(H,18,22)(H,19,20)/t9-/m1/s1. The highest BCUT2D eigenvalue weighted by Crippen LogP contribution is 2.20. The van der Waals surface area contributed by atoms with Gasteiger partial charge in [-0.25, -0.2) is 0 Å². The van der Waals surface area contributed by atoms with Gasteiger partial charge in [0.25, 0.3) is 11.8 Å². The minimum atomic E-state index is -0.720. The Bertz CT molecular complexity index is 593. The van der Waals surface area contributed by atoms with E-state index in [-0.39, 0.29) is 35.7 Å². The second kappa shape index (κ2) is 9.37. The molecule has 0 fully saturated rings. The molecule has 1 aromatic rings. The maximum absolute atomic E-state index is 11.9. The van der Waals surface area contributed by atoms with Crippen LogP contribution in [0, 0.1) is 0 Å². The van der Waals surface area contributed by atoms with E-state index in [0.717, 1.165) is 6.42 Å². The molecule has 2 amide bonds. The lowest BCUT2D eigenvalue weighted by molar-refractivity contribution is -0.147. The van der Waals surface area contributed by atoms with Crippen molar-refractivity contribution < 1.29 is 19.1 Å². The van der Waals surface area contributed by atoms with Gasteiger partial charge in [0.15, 0.2) is 6.61 Å². The Morgan fingerprint density at radius 3 is 2.57 bits per heavy atom. The first-order valence-electron chi connectivity index (χ1n) is 7.01. The van der Waals surface area contributed by atoms with Crippen LogP contribution in [0.4, 0.5) is 0 Å². The van der Waals surface area contributed by atoms with Crippen LogP contribution in [0.1, 0.15) is 30.6 Å². The summed E-state index contributed by atoms with van der Waals surface area (Å²) in [6, 6.07) is 4.40. The maximum atomic E-state index is 11.9. The monoisotopic (exact) mass is 360 g/mol. The molecule has 2 N–H and O–H groups in total. The van der Waals surface area contributed by atoms with Gasteiger partial charge in [-0.3, -0.25) is 14.4 Å². The van der Waals surface area contributed by atoms with Crippen LogP contribution in [0.2, 0.25) is 10.0 Å². The molecule has 1 rings (SSSR count). The van der Waals surface area contributed by atoms with Crippen LogP contribution >= 0.6 is 23.2 Å². The largest absolute Gasteiger partial charge is 0.454 e. The maximum Gasteiger partial charge on any atom is 0.325 e. The number of carbonyl (C=O) groups is 3. The zero-order valence-corrected chi connectivity index (χ0v) is 14.3. The van der Waals surface area contributed by atoms with Gasteiger partial charge >= 0.3 is 5.97 Å². The molecule has 0 bridgehead atoms. The summed E-state index contributed by atoms with van der Waals surface area (Å²) in [7, 11) is 0. The molecule has 6 nitrogen and oxygen atoms in total. The van der Waals surface area contributed by atoms with Crippen molar-refractivity contribution in [3.63, 3.8) is 0 Å². The normalized spacial score (nSPS) is 11.5. The first-order chi connectivity index (χ1) is 10.8. The first-order valence-corrected chi connectivity index (χ1v) is 7.77. The van der Waals surface area contributed by atoms with Crippen LogP contribution in [0.15, 0.2) is 18.2 Å². The molecule has 23 heavy (non-hydrogen) atoms. The van der Waals surface area contributed by atoms with E-state index < -0.39 is 11.9 Å². The third-order valence-electron chi connectivity index (χ3n) is 2.95. The highest BCUT2D eigenvalue weighted by molar-refractivity contribution is 6.36. The molecular formula is C15H18Cl2N2O4. The summed E-state index contributed by atoms with van der Waals surface area (Å²) in [6.45, 7) is 3.01. The minimum Gasteiger partial charge on any atom is -0.454 e. The minimum absolute atomic E-state index is 0.00736. The smallest absolute Gasteiger partial charge is 0.325 e. The number of halogens is 2. The third-order valence-corrected chi connectivity index (χ3v) is 3.50. The summed E-state index contributed by atoms with van der Waals surface area (Å²) in [5.74, 6) is -1.64. The average Bonchev–Trinajstić information content (AvgIpc) is 2.50. The molecule has 1 atom stereocenters. The lowest BCUT2D eigenvalue weighted by atomic mass is 10.2. The van der Waals surface area contributed by atoms with Crippen LogP contribution in [0.5, 0.6) is 0 Å². The van der Waals surface area contributed by atoms with Crippen molar-refractivity contribution >= 4 is 41.0 Å². The number of ether oxygens (including phenoxy) is 1. The van der Waals surface area contributed by atoms with Crippen LogP contribution in [0.25, 0.3) is 0 Å². The molecule has 126 valence electrons. The molecule has 0 aliphatic rings. The Morgan fingerprint density at radius 1 is 1.26 bits per heavy atom. The number of amides is 2. The summed E-state index contributed by atoms with van der Waals surface area (Å²) in [6.07, 6.45) is 0.775. The quantitative estimate of drug-likeness (QED) is 0.729. The molecule has 0 unspecified atom stereocenters. The topological polar surface area (TPSA) is 84.5 Å². The fraction of sp³-hybridized carbons (Fsp3) is 0.400. The second-order valence-corrected chi connectivity index (χ2v) is 5.69. The molecule has 0 aliphatic carbocycles. The van der Waals surface area contributed by atoms with Crippen molar-refractivity contribution in [2.75, 3.05) is 13.2 Å². The van der Waals surface area contributed by atoms with Gasteiger partial charge in [-0.15, -0.1) is 0 Å². The summed E-state index contributed by atoms with van der Waals surface area (Å²) in [5.41, 5.74) is 0.193. The van der Waals surface area contributed by atoms with Gasteiger partial charge in [-0.2, -0.15) is 0 Å². The van der Waals surface area contributed by atoms with Gasteiger partial charge in [0.1, 0.15) is 6.54 Å². The fourth-order valence-corrected chi connectivity index (χ4v) is 2.03. The van der Waals surface area contributed by atoms with Crippen molar-refractivity contribution in [3.05, 3.63) is 33.8 Å². The fourth-order valence-electron chi connectivity index (χ4n) is 1.54. The molecule has 8 heteroatoms. The molecule has 0 saturated heterocycles. The summed E-state index contributed by atoms with van der Waals surface area (Å²) in [4.78, 5) is 34.8. The van der Waals surface area contributed by atoms with Crippen molar-refractivity contribution in [1.29, 1.82) is 0 Å². The van der Waals surface area contributed by atoms with Crippen molar-refractivity contribution in [2.45, 2.75) is 26.3 Å². The van der Waals surface area contributed by atoms with Crippen molar-refractivity contribution in [1.82, 2.24) is 10.6 Å². The van der Waals surface area contributed by atoms with Gasteiger partial charge in [0.2, 0.25) is 0 Å². The van der Waals surface area contributed by atoms with Crippen molar-refractivity contribution in [3.8, 4) is 0 Å². The second-order valence-electron chi connectivity index (χ2n) is 4.84. The Morgan fingerprint density at radius 2 is 1.96 bits per heavy atom. The Labute approximate surface area is 144 Å². The number of carbonyl (C=O) groups excluding carboxylic acids is 3. The number of rotatable bonds is 7. The zero-order chi connectivity index (χ0) is 17.4. The number of hydrogen-bond donors (Lipinski definition) is 2. The van der Waals surface area contributed by atoms with E-state index in [1.807, 2.05) is 13.8 Å². The number of esters is 1. The van der Waals surface area contributed by atoms with E-state index in [4.69, 9.17) is 27.9 Å². The predicted molar refractivity (Wildman–Crippen MR) is 87.6 cm³/mol. The highest BCUT2D eigenvalue weighted by Gasteiger charge is 2.14. The summed E-state index contributed by atoms with van der Waals surface area (Å²) in [5, 5.41) is 5.60. The molecule has 1 aromatic carbocycles. The van der Waals surface area contributed by atoms with Crippen molar-refractivity contribution in [2.24, 2.45) is 0 Å². The van der Waals surface area contributed by atoms with Crippen LogP contribution in [-0.2, 0) is 14.3 Å². The van der Waals surface area contributed by atoms with Gasteiger partial charge in [0.05, 0.1) is 10.6 Å². The van der Waals surface area contributed by atoms with Crippen LogP contribution < -0.4 is 10.6 Å². The average molecular weight is 361 g/mol. The van der Waals surface area contributed by atoms with E-state index in [1.165, 1.54) is 18.2 Å². The van der Waals surface area contributed by atoms with E-state index in [1.54, 1.807) is 0 Å². The summed E-state index contributed by atoms with van der Waals surface area (Å²) >= 11 is 11.6. The Hall–Kier alpha value is -1.79. The molecule has 0 aliphatic heterocycles. The van der Waals surface area contributed by atoms with Gasteiger partial charge in [0, 0.05) is 11.1 Å².